The summed E-state index contributed by atoms with van der Waals surface area (Å²) in [6.07, 6.45) is 5.81. The van der Waals surface area contributed by atoms with Gasteiger partial charge in [0.1, 0.15) is 5.82 Å². The third kappa shape index (κ3) is 2.64. The molecule has 0 amide bonds. The number of nitrogens with zero attached hydrogens (tertiary/aromatic N) is 1. The molecule has 5 heteroatoms. The second-order valence-corrected chi connectivity index (χ2v) is 6.62. The van der Waals surface area contributed by atoms with Crippen LogP contribution in [0.15, 0.2) is 18.5 Å². The number of ether oxygens (including phenoxy) is 1. The van der Waals surface area contributed by atoms with E-state index in [9.17, 15) is 4.39 Å². The van der Waals surface area contributed by atoms with Crippen LogP contribution in [-0.2, 0) is 4.74 Å². The largest absolute Gasteiger partial charge is 0.374 e. The van der Waals surface area contributed by atoms with Gasteiger partial charge in [0.05, 0.1) is 11.8 Å². The van der Waals surface area contributed by atoms with Crippen LogP contribution in [0, 0.1) is 11.7 Å². The number of rotatable bonds is 2. The first-order valence-corrected chi connectivity index (χ1v) is 7.92. The average Bonchev–Trinajstić information content (AvgIpc) is 2.86. The molecule has 104 valence electrons. The lowest BCUT2D eigenvalue weighted by Gasteiger charge is -2.40. The quantitative estimate of drug-likeness (QED) is 0.905. The highest BCUT2D eigenvalue weighted by molar-refractivity contribution is 7.99. The van der Waals surface area contributed by atoms with Crippen molar-refractivity contribution in [2.45, 2.75) is 30.9 Å². The van der Waals surface area contributed by atoms with Crippen LogP contribution in [0.2, 0.25) is 0 Å². The zero-order chi connectivity index (χ0) is 13.3. The van der Waals surface area contributed by atoms with Crippen molar-refractivity contribution in [1.82, 2.24) is 4.98 Å². The maximum absolute atomic E-state index is 13.8. The van der Waals surface area contributed by atoms with E-state index in [1.807, 2.05) is 11.8 Å². The molecule has 2 fully saturated rings. The normalized spacial score (nSPS) is 32.6. The second kappa shape index (κ2) is 5.38. The molecule has 0 bridgehead atoms. The highest BCUT2D eigenvalue weighted by Crippen LogP contribution is 2.43. The maximum Gasteiger partial charge on any atom is 0.146 e. The van der Waals surface area contributed by atoms with Gasteiger partial charge in [-0.1, -0.05) is 0 Å². The first-order valence-electron chi connectivity index (χ1n) is 6.77. The lowest BCUT2D eigenvalue weighted by Crippen LogP contribution is -2.42. The average molecular weight is 282 g/mol. The summed E-state index contributed by atoms with van der Waals surface area (Å²) < 4.78 is 19.8. The molecule has 0 aliphatic carbocycles. The van der Waals surface area contributed by atoms with Crippen molar-refractivity contribution < 1.29 is 9.13 Å². The Hall–Kier alpha value is -0.650. The molecule has 3 rings (SSSR count). The fraction of sp³-hybridized carbons (Fsp3) is 0.643. The van der Waals surface area contributed by atoms with E-state index in [0.717, 1.165) is 37.4 Å². The highest BCUT2D eigenvalue weighted by atomic mass is 32.2. The van der Waals surface area contributed by atoms with Crippen LogP contribution in [0.3, 0.4) is 0 Å². The Morgan fingerprint density at radius 2 is 2.47 bits per heavy atom. The molecule has 3 heterocycles. The van der Waals surface area contributed by atoms with Crippen LogP contribution in [-0.4, -0.2) is 28.7 Å². The van der Waals surface area contributed by atoms with E-state index in [2.05, 4.69) is 4.98 Å². The van der Waals surface area contributed by atoms with E-state index in [1.54, 1.807) is 12.3 Å². The minimum atomic E-state index is -0.295. The van der Waals surface area contributed by atoms with Gasteiger partial charge in [0.2, 0.25) is 0 Å². The van der Waals surface area contributed by atoms with Gasteiger partial charge >= 0.3 is 0 Å². The van der Waals surface area contributed by atoms with Gasteiger partial charge in [-0.2, -0.15) is 11.8 Å². The number of nitrogens with two attached hydrogens (primary N) is 1. The molecule has 2 aliphatic heterocycles. The van der Waals surface area contributed by atoms with Gasteiger partial charge in [-0.25, -0.2) is 4.39 Å². The summed E-state index contributed by atoms with van der Waals surface area (Å²) in [5.74, 6) is 2.21. The predicted octanol–water partition coefficient (Wildman–Crippen LogP) is 2.52. The second-order valence-electron chi connectivity index (χ2n) is 5.51. The molecule has 1 aromatic heterocycles. The lowest BCUT2D eigenvalue weighted by atomic mass is 9.79. The van der Waals surface area contributed by atoms with Crippen molar-refractivity contribution in [2.75, 3.05) is 18.1 Å². The Labute approximate surface area is 117 Å². The summed E-state index contributed by atoms with van der Waals surface area (Å²) in [5, 5.41) is 0. The molecule has 0 saturated carbocycles. The van der Waals surface area contributed by atoms with Gasteiger partial charge in [0, 0.05) is 30.2 Å². The zero-order valence-corrected chi connectivity index (χ0v) is 11.7. The fourth-order valence-corrected chi connectivity index (χ4v) is 4.52. The minimum Gasteiger partial charge on any atom is -0.374 e. The molecule has 3 nitrogen and oxygen atoms in total. The Kier molecular flexibility index (Phi) is 3.78. The van der Waals surface area contributed by atoms with E-state index in [4.69, 9.17) is 10.5 Å². The van der Waals surface area contributed by atoms with Crippen LogP contribution < -0.4 is 5.73 Å². The van der Waals surface area contributed by atoms with Crippen molar-refractivity contribution in [3.05, 3.63) is 29.8 Å². The third-order valence-electron chi connectivity index (χ3n) is 4.27. The molecule has 3 unspecified atom stereocenters. The van der Waals surface area contributed by atoms with Crippen LogP contribution in [0.1, 0.15) is 30.9 Å². The van der Waals surface area contributed by atoms with Gasteiger partial charge in [-0.3, -0.25) is 4.98 Å². The van der Waals surface area contributed by atoms with E-state index in [0.29, 0.717) is 11.5 Å². The van der Waals surface area contributed by atoms with E-state index in [1.165, 1.54) is 6.20 Å². The summed E-state index contributed by atoms with van der Waals surface area (Å²) in [4.78, 5) is 3.78. The third-order valence-corrected chi connectivity index (χ3v) is 5.49. The Bertz CT molecular complexity index is 451. The number of hydrogen-bond acceptors (Lipinski definition) is 4. The molecule has 1 aromatic rings. The number of hydrogen-bond donors (Lipinski definition) is 1. The monoisotopic (exact) mass is 282 g/mol. The van der Waals surface area contributed by atoms with Crippen molar-refractivity contribution in [3.63, 3.8) is 0 Å². The van der Waals surface area contributed by atoms with Gasteiger partial charge in [0.25, 0.3) is 0 Å². The molecule has 2 saturated heterocycles. The van der Waals surface area contributed by atoms with E-state index in [-0.39, 0.29) is 17.5 Å². The number of pyridine rings is 1. The molecular weight excluding hydrogens is 263 g/mol. The smallest absolute Gasteiger partial charge is 0.146 e. The zero-order valence-electron chi connectivity index (χ0n) is 10.8. The standard InChI is InChI=1S/C14H19FN2OS/c15-12-8-17-4-1-11(12)13(16)10-2-5-18-14(7-10)3-6-19-9-14/h1,4,8,10,13H,2-3,5-7,9,16H2. The SMILES string of the molecule is NC(c1ccncc1F)C1CCOC2(CCSC2)C1. The molecular formula is C14H19FN2OS. The van der Waals surface area contributed by atoms with Crippen LogP contribution in [0.5, 0.6) is 0 Å². The number of thioether (sulfide) groups is 1. The number of halogens is 1. The molecule has 2 N–H and O–H groups in total. The van der Waals surface area contributed by atoms with Crippen molar-refractivity contribution >= 4 is 11.8 Å². The Morgan fingerprint density at radius 3 is 3.21 bits per heavy atom. The van der Waals surface area contributed by atoms with Crippen LogP contribution in [0.25, 0.3) is 0 Å². The number of aromatic nitrogens is 1. The molecule has 2 aliphatic rings. The first-order chi connectivity index (χ1) is 9.20. The topological polar surface area (TPSA) is 48.1 Å². The molecule has 1 spiro atoms. The molecule has 0 radical (unpaired) electrons. The van der Waals surface area contributed by atoms with Crippen molar-refractivity contribution in [2.24, 2.45) is 11.7 Å². The summed E-state index contributed by atoms with van der Waals surface area (Å²) in [6.45, 7) is 0.742. The van der Waals surface area contributed by atoms with Crippen LogP contribution in [0.4, 0.5) is 4.39 Å². The minimum absolute atomic E-state index is 0.00525. The van der Waals surface area contributed by atoms with Crippen molar-refractivity contribution in [3.8, 4) is 0 Å². The van der Waals surface area contributed by atoms with Gasteiger partial charge < -0.3 is 10.5 Å². The lowest BCUT2D eigenvalue weighted by molar-refractivity contribution is -0.0835. The summed E-state index contributed by atoms with van der Waals surface area (Å²) >= 11 is 1.94. The first kappa shape index (κ1) is 13.3. The summed E-state index contributed by atoms with van der Waals surface area (Å²) in [5.41, 5.74) is 6.87. The maximum atomic E-state index is 13.8. The van der Waals surface area contributed by atoms with Gasteiger partial charge in [0.15, 0.2) is 0 Å². The summed E-state index contributed by atoms with van der Waals surface area (Å²) in [7, 11) is 0. The Morgan fingerprint density at radius 1 is 1.58 bits per heavy atom. The highest BCUT2D eigenvalue weighted by Gasteiger charge is 2.42. The molecule has 19 heavy (non-hydrogen) atoms. The fourth-order valence-electron chi connectivity index (χ4n) is 3.15. The molecule has 0 aromatic carbocycles. The summed E-state index contributed by atoms with van der Waals surface area (Å²) in [6, 6.07) is 1.44. The van der Waals surface area contributed by atoms with Gasteiger partial charge in [-0.15, -0.1) is 0 Å². The predicted molar refractivity (Wildman–Crippen MR) is 74.5 cm³/mol. The van der Waals surface area contributed by atoms with E-state index < -0.39 is 0 Å². The Balaban J connectivity index is 1.76. The van der Waals surface area contributed by atoms with Gasteiger partial charge in [-0.05, 0) is 37.0 Å². The molecule has 3 atom stereocenters. The van der Waals surface area contributed by atoms with Crippen LogP contribution >= 0.6 is 11.8 Å². The van der Waals surface area contributed by atoms with E-state index >= 15 is 0 Å². The van der Waals surface area contributed by atoms with Crippen molar-refractivity contribution in [1.29, 1.82) is 0 Å².